The zero-order chi connectivity index (χ0) is 16.1. The van der Waals surface area contributed by atoms with Crippen molar-refractivity contribution in [2.75, 3.05) is 25.6 Å². The highest BCUT2D eigenvalue weighted by Gasteiger charge is 2.20. The molecule has 0 N–H and O–H groups in total. The molecule has 0 spiro atoms. The lowest BCUT2D eigenvalue weighted by atomic mass is 9.94. The van der Waals surface area contributed by atoms with Crippen molar-refractivity contribution in [3.63, 3.8) is 0 Å². The number of fused-ring (bicyclic) bond motifs is 1. The number of anilines is 1. The van der Waals surface area contributed by atoms with Gasteiger partial charge in [-0.1, -0.05) is 12.1 Å². The Morgan fingerprint density at radius 2 is 2.23 bits per heavy atom. The van der Waals surface area contributed by atoms with E-state index in [2.05, 4.69) is 9.89 Å². The number of allylic oxidation sites excluding steroid dienone is 1. The van der Waals surface area contributed by atoms with Crippen molar-refractivity contribution < 1.29 is 13.5 Å². The van der Waals surface area contributed by atoms with Crippen molar-refractivity contribution in [3.05, 3.63) is 41.1 Å². The predicted molar refractivity (Wildman–Crippen MR) is 86.0 cm³/mol. The smallest absolute Gasteiger partial charge is 0.264 e. The zero-order valence-corrected chi connectivity index (χ0v) is 13.3. The summed E-state index contributed by atoms with van der Waals surface area (Å²) < 4.78 is 31.6. The molecular formula is C17H22F2N2O. The van der Waals surface area contributed by atoms with Crippen LogP contribution in [0.2, 0.25) is 0 Å². The molecule has 5 heteroatoms. The van der Waals surface area contributed by atoms with Gasteiger partial charge in [0.2, 0.25) is 0 Å². The lowest BCUT2D eigenvalue weighted by Crippen LogP contribution is -2.25. The van der Waals surface area contributed by atoms with Crippen molar-refractivity contribution in [2.24, 2.45) is 4.99 Å². The van der Waals surface area contributed by atoms with E-state index in [0.29, 0.717) is 17.9 Å². The van der Waals surface area contributed by atoms with Gasteiger partial charge >= 0.3 is 0 Å². The maximum Gasteiger partial charge on any atom is 0.264 e. The molecule has 2 rings (SSSR count). The van der Waals surface area contributed by atoms with Gasteiger partial charge in [-0.2, -0.15) is 0 Å². The van der Waals surface area contributed by atoms with Crippen LogP contribution in [-0.2, 0) is 17.6 Å². The number of hydrogen-bond acceptors (Lipinski definition) is 3. The molecule has 22 heavy (non-hydrogen) atoms. The Morgan fingerprint density at radius 3 is 2.91 bits per heavy atom. The standard InChI is InChI=1S/C17H22F2N2O/c1-12(22-3)20-8-4-6-13-10-14-7-5-9-21(2)16(14)11-15(13)17(18)19/h4,8,10-11,17H,5-7,9H2,1-3H3/b8-4-,20-12?. The van der Waals surface area contributed by atoms with Crippen LogP contribution in [0.5, 0.6) is 0 Å². The molecule has 0 unspecified atom stereocenters. The highest BCUT2D eigenvalue weighted by atomic mass is 19.3. The molecule has 0 saturated heterocycles. The first-order valence-corrected chi connectivity index (χ1v) is 7.41. The van der Waals surface area contributed by atoms with Gasteiger partial charge in [0.1, 0.15) is 0 Å². The Morgan fingerprint density at radius 1 is 1.45 bits per heavy atom. The maximum atomic E-state index is 13.3. The van der Waals surface area contributed by atoms with Crippen molar-refractivity contribution >= 4 is 11.6 Å². The third-order valence-electron chi connectivity index (χ3n) is 3.92. The Hall–Kier alpha value is -1.91. The van der Waals surface area contributed by atoms with Crippen LogP contribution in [0, 0.1) is 0 Å². The summed E-state index contributed by atoms with van der Waals surface area (Å²) >= 11 is 0. The fourth-order valence-electron chi connectivity index (χ4n) is 2.65. The van der Waals surface area contributed by atoms with Crippen LogP contribution in [0.3, 0.4) is 0 Å². The average Bonchev–Trinajstić information content (AvgIpc) is 2.50. The van der Waals surface area contributed by atoms with E-state index in [4.69, 9.17) is 4.74 Å². The minimum absolute atomic E-state index is 0.115. The summed E-state index contributed by atoms with van der Waals surface area (Å²) in [5, 5.41) is 0. The molecule has 1 aliphatic heterocycles. The normalized spacial score (nSPS) is 15.5. The minimum atomic E-state index is -2.46. The molecule has 120 valence electrons. The monoisotopic (exact) mass is 308 g/mol. The molecule has 0 fully saturated rings. The summed E-state index contributed by atoms with van der Waals surface area (Å²) in [6.45, 7) is 2.66. The largest absolute Gasteiger partial charge is 0.484 e. The number of rotatable bonds is 4. The first-order chi connectivity index (χ1) is 10.5. The topological polar surface area (TPSA) is 24.8 Å². The molecule has 0 aromatic heterocycles. The molecule has 1 heterocycles. The van der Waals surface area contributed by atoms with Crippen molar-refractivity contribution in [1.82, 2.24) is 0 Å². The van der Waals surface area contributed by atoms with Crippen LogP contribution >= 0.6 is 0 Å². The van der Waals surface area contributed by atoms with Gasteiger partial charge in [0.05, 0.1) is 7.11 Å². The van der Waals surface area contributed by atoms with E-state index in [1.165, 1.54) is 0 Å². The van der Waals surface area contributed by atoms with E-state index in [1.54, 1.807) is 32.4 Å². The zero-order valence-electron chi connectivity index (χ0n) is 13.3. The molecule has 0 bridgehead atoms. The number of alkyl halides is 2. The molecule has 0 saturated carbocycles. The maximum absolute atomic E-state index is 13.3. The van der Waals surface area contributed by atoms with Gasteiger partial charge in [0.25, 0.3) is 6.43 Å². The number of halogens is 2. The van der Waals surface area contributed by atoms with Crippen molar-refractivity contribution in [3.8, 4) is 0 Å². The summed E-state index contributed by atoms with van der Waals surface area (Å²) in [6, 6.07) is 3.57. The molecular weight excluding hydrogens is 286 g/mol. The van der Waals surface area contributed by atoms with Crippen LogP contribution in [-0.4, -0.2) is 26.6 Å². The number of hydrogen-bond donors (Lipinski definition) is 0. The molecule has 0 amide bonds. The van der Waals surface area contributed by atoms with Gasteiger partial charge in [-0.25, -0.2) is 13.8 Å². The van der Waals surface area contributed by atoms with Crippen LogP contribution in [0.15, 0.2) is 29.4 Å². The van der Waals surface area contributed by atoms with Gasteiger partial charge in [0.15, 0.2) is 5.90 Å². The summed E-state index contributed by atoms with van der Waals surface area (Å²) in [5.41, 5.74) is 2.87. The third-order valence-corrected chi connectivity index (χ3v) is 3.92. The van der Waals surface area contributed by atoms with Gasteiger partial charge in [0, 0.05) is 38.0 Å². The third kappa shape index (κ3) is 3.84. The van der Waals surface area contributed by atoms with Crippen LogP contribution in [0.4, 0.5) is 14.5 Å². The number of ether oxygens (including phenoxy) is 1. The second-order valence-electron chi connectivity index (χ2n) is 5.45. The highest BCUT2D eigenvalue weighted by molar-refractivity contribution is 5.73. The number of benzene rings is 1. The van der Waals surface area contributed by atoms with Crippen LogP contribution < -0.4 is 4.90 Å². The summed E-state index contributed by atoms with van der Waals surface area (Å²) in [7, 11) is 3.50. The van der Waals surface area contributed by atoms with Gasteiger partial charge < -0.3 is 9.64 Å². The second kappa shape index (κ2) is 7.38. The van der Waals surface area contributed by atoms with Crippen LogP contribution in [0.25, 0.3) is 0 Å². The number of nitrogens with zero attached hydrogens (tertiary/aromatic N) is 2. The Bertz CT molecular complexity index is 582. The molecule has 0 atom stereocenters. The Kier molecular flexibility index (Phi) is 5.52. The average molecular weight is 308 g/mol. The molecule has 3 nitrogen and oxygen atoms in total. The molecule has 1 aromatic carbocycles. The Labute approximate surface area is 130 Å². The van der Waals surface area contributed by atoms with E-state index < -0.39 is 6.43 Å². The lowest BCUT2D eigenvalue weighted by molar-refractivity contribution is 0.150. The van der Waals surface area contributed by atoms with E-state index in [-0.39, 0.29) is 5.56 Å². The predicted octanol–water partition coefficient (Wildman–Crippen LogP) is 4.13. The van der Waals surface area contributed by atoms with Crippen LogP contribution in [0.1, 0.15) is 36.5 Å². The highest BCUT2D eigenvalue weighted by Crippen LogP contribution is 2.34. The van der Waals surface area contributed by atoms with E-state index in [1.807, 2.05) is 13.1 Å². The Balaban J connectivity index is 2.26. The first kappa shape index (κ1) is 16.5. The minimum Gasteiger partial charge on any atom is -0.484 e. The van der Waals surface area contributed by atoms with Crippen molar-refractivity contribution in [2.45, 2.75) is 32.6 Å². The number of aliphatic imine (C=N–C) groups is 1. The molecule has 1 aliphatic rings. The van der Waals surface area contributed by atoms with Gasteiger partial charge in [-0.05, 0) is 36.5 Å². The first-order valence-electron chi connectivity index (χ1n) is 7.41. The summed E-state index contributed by atoms with van der Waals surface area (Å²) in [5.74, 6) is 0.539. The lowest BCUT2D eigenvalue weighted by Gasteiger charge is -2.29. The quantitative estimate of drug-likeness (QED) is 0.617. The fraction of sp³-hybridized carbons (Fsp3) is 0.471. The van der Waals surface area contributed by atoms with E-state index in [9.17, 15) is 8.78 Å². The van der Waals surface area contributed by atoms with Gasteiger partial charge in [-0.3, -0.25) is 0 Å². The molecule has 1 aromatic rings. The fourth-order valence-corrected chi connectivity index (χ4v) is 2.65. The van der Waals surface area contributed by atoms with E-state index in [0.717, 1.165) is 30.6 Å². The molecule has 0 radical (unpaired) electrons. The second-order valence-corrected chi connectivity index (χ2v) is 5.45. The summed E-state index contributed by atoms with van der Waals surface area (Å²) in [6.07, 6.45) is 3.36. The van der Waals surface area contributed by atoms with Gasteiger partial charge in [-0.15, -0.1) is 0 Å². The number of aryl methyl sites for hydroxylation is 1. The van der Waals surface area contributed by atoms with Crippen molar-refractivity contribution in [1.29, 1.82) is 0 Å². The van der Waals surface area contributed by atoms with E-state index >= 15 is 0 Å². The number of methoxy groups -OCH3 is 1. The summed E-state index contributed by atoms with van der Waals surface area (Å²) in [4.78, 5) is 6.10. The molecule has 0 aliphatic carbocycles. The SMILES string of the molecule is COC(C)=N/C=C\Cc1cc2c(cc1C(F)F)N(C)CCC2.